The molecular formula is C22H24N4O4S2. The number of nitrogens with one attached hydrogen (secondary N) is 3. The number of carbonyl (C=O) groups excluding carboxylic acids is 2. The molecule has 0 aliphatic heterocycles. The summed E-state index contributed by atoms with van der Waals surface area (Å²) in [4.78, 5) is 29.0. The first kappa shape index (κ1) is 23.4. The van der Waals surface area contributed by atoms with Crippen LogP contribution in [-0.2, 0) is 21.2 Å². The molecule has 3 N–H and O–H groups in total. The van der Waals surface area contributed by atoms with E-state index in [0.29, 0.717) is 39.7 Å². The van der Waals surface area contributed by atoms with Gasteiger partial charge in [-0.05, 0) is 43.2 Å². The third-order valence-corrected chi connectivity index (χ3v) is 6.78. The number of benzene rings is 2. The van der Waals surface area contributed by atoms with Gasteiger partial charge in [-0.15, -0.1) is 11.3 Å². The van der Waals surface area contributed by atoms with Gasteiger partial charge in [0.15, 0.2) is 5.13 Å². The topological polar surface area (TPSA) is 117 Å². The summed E-state index contributed by atoms with van der Waals surface area (Å²) in [6, 6.07) is 13.8. The molecule has 2 aromatic carbocycles. The van der Waals surface area contributed by atoms with Crippen molar-refractivity contribution in [1.82, 2.24) is 4.98 Å². The summed E-state index contributed by atoms with van der Waals surface area (Å²) < 4.78 is 26.7. The molecule has 0 atom stereocenters. The summed E-state index contributed by atoms with van der Waals surface area (Å²) in [5, 5.41) is 7.64. The molecule has 0 radical (unpaired) electrons. The van der Waals surface area contributed by atoms with Crippen LogP contribution in [0.3, 0.4) is 0 Å². The maximum absolute atomic E-state index is 12.5. The highest BCUT2D eigenvalue weighted by molar-refractivity contribution is 7.92. The Bertz CT molecular complexity index is 1210. The quantitative estimate of drug-likeness (QED) is 0.435. The lowest BCUT2D eigenvalue weighted by atomic mass is 10.1. The molecule has 0 saturated carbocycles. The number of anilines is 3. The van der Waals surface area contributed by atoms with Gasteiger partial charge in [-0.1, -0.05) is 31.2 Å². The van der Waals surface area contributed by atoms with Gasteiger partial charge < -0.3 is 5.32 Å². The number of hydrogen-bond donors (Lipinski definition) is 3. The van der Waals surface area contributed by atoms with E-state index < -0.39 is 10.0 Å². The smallest absolute Gasteiger partial charge is 0.257 e. The second kappa shape index (κ2) is 10.4. The van der Waals surface area contributed by atoms with Crippen LogP contribution in [0.15, 0.2) is 53.9 Å². The predicted molar refractivity (Wildman–Crippen MR) is 128 cm³/mol. The van der Waals surface area contributed by atoms with Gasteiger partial charge in [-0.25, -0.2) is 13.4 Å². The number of hydrogen-bond acceptors (Lipinski definition) is 6. The zero-order chi connectivity index (χ0) is 23.1. The SMILES string of the molecule is CCCS(=O)(=O)Nc1cccc(NC(=O)Cc2csc(NC(=O)c3ccccc3)n2)c1C. The highest BCUT2D eigenvalue weighted by Gasteiger charge is 2.15. The zero-order valence-electron chi connectivity index (χ0n) is 17.7. The molecule has 3 rings (SSSR count). The Kier molecular flexibility index (Phi) is 7.60. The first-order chi connectivity index (χ1) is 15.3. The van der Waals surface area contributed by atoms with E-state index >= 15 is 0 Å². The van der Waals surface area contributed by atoms with E-state index in [-0.39, 0.29) is 24.0 Å². The van der Waals surface area contributed by atoms with Crippen LogP contribution in [-0.4, -0.2) is 31.0 Å². The Morgan fingerprint density at radius 3 is 2.44 bits per heavy atom. The third kappa shape index (κ3) is 6.38. The number of rotatable bonds is 9. The Hall–Kier alpha value is -3.24. The van der Waals surface area contributed by atoms with Crippen molar-refractivity contribution in [3.8, 4) is 0 Å². The minimum Gasteiger partial charge on any atom is -0.325 e. The first-order valence-corrected chi connectivity index (χ1v) is 12.5. The molecule has 0 bridgehead atoms. The molecule has 0 aliphatic rings. The minimum absolute atomic E-state index is 0.0168. The van der Waals surface area contributed by atoms with E-state index in [0.717, 1.165) is 0 Å². The lowest BCUT2D eigenvalue weighted by Crippen LogP contribution is -2.18. The number of sulfonamides is 1. The molecule has 0 aliphatic carbocycles. The van der Waals surface area contributed by atoms with Gasteiger partial charge in [-0.3, -0.25) is 19.6 Å². The van der Waals surface area contributed by atoms with Crippen molar-refractivity contribution >= 4 is 49.7 Å². The molecule has 8 nitrogen and oxygen atoms in total. The summed E-state index contributed by atoms with van der Waals surface area (Å²) in [5.74, 6) is -0.544. The molecule has 0 saturated heterocycles. The molecule has 0 spiro atoms. The Balaban J connectivity index is 1.62. The molecule has 0 fully saturated rings. The van der Waals surface area contributed by atoms with E-state index in [4.69, 9.17) is 0 Å². The normalized spacial score (nSPS) is 11.1. The van der Waals surface area contributed by atoms with Crippen LogP contribution in [0.5, 0.6) is 0 Å². The molecular weight excluding hydrogens is 448 g/mol. The van der Waals surface area contributed by atoms with Crippen molar-refractivity contribution < 1.29 is 18.0 Å². The zero-order valence-corrected chi connectivity index (χ0v) is 19.3. The van der Waals surface area contributed by atoms with Crippen LogP contribution in [0, 0.1) is 6.92 Å². The Morgan fingerprint density at radius 1 is 1.00 bits per heavy atom. The van der Waals surface area contributed by atoms with Crippen LogP contribution >= 0.6 is 11.3 Å². The summed E-state index contributed by atoms with van der Waals surface area (Å²) in [5.41, 5.74) is 2.60. The van der Waals surface area contributed by atoms with Gasteiger partial charge >= 0.3 is 0 Å². The van der Waals surface area contributed by atoms with Gasteiger partial charge in [0.25, 0.3) is 5.91 Å². The standard InChI is InChI=1S/C22H24N4O4S2/c1-3-12-32(29,30)26-19-11-7-10-18(15(19)2)24-20(27)13-17-14-31-22(23-17)25-21(28)16-8-5-4-6-9-16/h4-11,14,26H,3,12-13H2,1-2H3,(H,24,27)(H,23,25,28). The second-order valence-electron chi connectivity index (χ2n) is 7.09. The van der Waals surface area contributed by atoms with Gasteiger partial charge in [0.2, 0.25) is 15.9 Å². The lowest BCUT2D eigenvalue weighted by Gasteiger charge is -2.14. The molecule has 3 aromatic rings. The van der Waals surface area contributed by atoms with Crippen molar-refractivity contribution in [2.24, 2.45) is 0 Å². The largest absolute Gasteiger partial charge is 0.325 e. The third-order valence-electron chi connectivity index (χ3n) is 4.50. The van der Waals surface area contributed by atoms with Crippen LogP contribution in [0.1, 0.15) is 35.0 Å². The monoisotopic (exact) mass is 472 g/mol. The summed E-state index contributed by atoms with van der Waals surface area (Å²) >= 11 is 1.24. The maximum atomic E-state index is 12.5. The van der Waals surface area contributed by atoms with Crippen molar-refractivity contribution in [2.45, 2.75) is 26.7 Å². The average molecular weight is 473 g/mol. The number of aromatic nitrogens is 1. The highest BCUT2D eigenvalue weighted by atomic mass is 32.2. The first-order valence-electron chi connectivity index (χ1n) is 9.98. The maximum Gasteiger partial charge on any atom is 0.257 e. The van der Waals surface area contributed by atoms with E-state index in [1.807, 2.05) is 6.07 Å². The minimum atomic E-state index is -3.43. The van der Waals surface area contributed by atoms with Crippen LogP contribution in [0.2, 0.25) is 0 Å². The Morgan fingerprint density at radius 2 is 1.72 bits per heavy atom. The fourth-order valence-corrected chi connectivity index (χ4v) is 4.83. The molecule has 168 valence electrons. The van der Waals surface area contributed by atoms with E-state index in [1.54, 1.807) is 61.7 Å². The number of nitrogens with zero attached hydrogens (tertiary/aromatic N) is 1. The van der Waals surface area contributed by atoms with E-state index in [1.165, 1.54) is 11.3 Å². The number of thiazole rings is 1. The van der Waals surface area contributed by atoms with Crippen molar-refractivity contribution in [3.63, 3.8) is 0 Å². The predicted octanol–water partition coefficient (Wildman–Crippen LogP) is 4.04. The van der Waals surface area contributed by atoms with Crippen LogP contribution in [0.25, 0.3) is 0 Å². The van der Waals surface area contributed by atoms with Crippen LogP contribution < -0.4 is 15.4 Å². The summed E-state index contributed by atoms with van der Waals surface area (Å²) in [6.07, 6.45) is 0.523. The fourth-order valence-electron chi connectivity index (χ4n) is 2.93. The van der Waals surface area contributed by atoms with Crippen LogP contribution in [0.4, 0.5) is 16.5 Å². The summed E-state index contributed by atoms with van der Waals surface area (Å²) in [6.45, 7) is 3.53. The second-order valence-corrected chi connectivity index (χ2v) is 9.79. The van der Waals surface area contributed by atoms with Crippen molar-refractivity contribution in [2.75, 3.05) is 21.1 Å². The van der Waals surface area contributed by atoms with Gasteiger partial charge in [0, 0.05) is 16.6 Å². The molecule has 1 heterocycles. The number of carbonyl (C=O) groups is 2. The summed E-state index contributed by atoms with van der Waals surface area (Å²) in [7, 11) is -3.43. The van der Waals surface area contributed by atoms with Gasteiger partial charge in [0.1, 0.15) is 0 Å². The van der Waals surface area contributed by atoms with E-state index in [9.17, 15) is 18.0 Å². The molecule has 10 heteroatoms. The molecule has 32 heavy (non-hydrogen) atoms. The van der Waals surface area contributed by atoms with Crippen molar-refractivity contribution in [3.05, 3.63) is 70.7 Å². The number of amides is 2. The van der Waals surface area contributed by atoms with E-state index in [2.05, 4.69) is 20.3 Å². The molecule has 0 unspecified atom stereocenters. The Labute approximate surface area is 191 Å². The highest BCUT2D eigenvalue weighted by Crippen LogP contribution is 2.25. The molecule has 1 aromatic heterocycles. The lowest BCUT2D eigenvalue weighted by molar-refractivity contribution is -0.115. The fraction of sp³-hybridized carbons (Fsp3) is 0.227. The van der Waals surface area contributed by atoms with Gasteiger partial charge in [-0.2, -0.15) is 0 Å². The van der Waals surface area contributed by atoms with Gasteiger partial charge in [0.05, 0.1) is 23.6 Å². The molecule has 2 amide bonds. The average Bonchev–Trinajstić information content (AvgIpc) is 3.18. The van der Waals surface area contributed by atoms with Crippen molar-refractivity contribution in [1.29, 1.82) is 0 Å².